The van der Waals surface area contributed by atoms with E-state index in [-0.39, 0.29) is 6.10 Å². The van der Waals surface area contributed by atoms with Gasteiger partial charge in [0.1, 0.15) is 11.9 Å². The van der Waals surface area contributed by atoms with Gasteiger partial charge in [-0.15, -0.1) is 0 Å². The lowest BCUT2D eigenvalue weighted by molar-refractivity contribution is 0.202. The van der Waals surface area contributed by atoms with Crippen LogP contribution in [0.3, 0.4) is 0 Å². The molecule has 21 heavy (non-hydrogen) atoms. The second-order valence-corrected chi connectivity index (χ2v) is 5.77. The molecule has 0 heterocycles. The second kappa shape index (κ2) is 7.28. The first kappa shape index (κ1) is 15.6. The maximum atomic E-state index is 6.35. The minimum absolute atomic E-state index is 0.0236. The van der Waals surface area contributed by atoms with Crippen molar-refractivity contribution in [2.75, 3.05) is 13.6 Å². The maximum Gasteiger partial charge on any atom is 0.136 e. The molecule has 2 heteroatoms. The Hall–Kier alpha value is -1.80. The summed E-state index contributed by atoms with van der Waals surface area (Å²) in [5, 5.41) is 3.22. The summed E-state index contributed by atoms with van der Waals surface area (Å²) in [6, 6.07) is 16.9. The van der Waals surface area contributed by atoms with Gasteiger partial charge in [0.15, 0.2) is 0 Å². The third-order valence-electron chi connectivity index (χ3n) is 3.62. The Morgan fingerprint density at radius 2 is 1.76 bits per heavy atom. The highest BCUT2D eigenvalue weighted by atomic mass is 16.5. The molecule has 0 bridgehead atoms. The van der Waals surface area contributed by atoms with E-state index in [1.54, 1.807) is 0 Å². The first-order chi connectivity index (χ1) is 10.1. The average molecular weight is 283 g/mol. The number of likely N-dealkylation sites (N-methyl/N-ethyl adjacent to an activating group) is 1. The Bertz CT molecular complexity index is 563. The van der Waals surface area contributed by atoms with Crippen molar-refractivity contribution in [3.63, 3.8) is 0 Å². The van der Waals surface area contributed by atoms with Crippen LogP contribution in [0.1, 0.15) is 42.6 Å². The van der Waals surface area contributed by atoms with E-state index in [0.29, 0.717) is 5.92 Å². The number of rotatable bonds is 6. The van der Waals surface area contributed by atoms with Crippen molar-refractivity contribution in [1.82, 2.24) is 5.32 Å². The molecule has 112 valence electrons. The summed E-state index contributed by atoms with van der Waals surface area (Å²) in [4.78, 5) is 0. The molecule has 1 atom stereocenters. The van der Waals surface area contributed by atoms with E-state index >= 15 is 0 Å². The van der Waals surface area contributed by atoms with Crippen molar-refractivity contribution < 1.29 is 4.74 Å². The molecule has 1 unspecified atom stereocenters. The lowest BCUT2D eigenvalue weighted by atomic mass is 10.0. The molecule has 2 aromatic rings. The molecule has 0 spiro atoms. The predicted molar refractivity (Wildman–Crippen MR) is 89.0 cm³/mol. The van der Waals surface area contributed by atoms with Gasteiger partial charge in [0.2, 0.25) is 0 Å². The van der Waals surface area contributed by atoms with Crippen LogP contribution in [0.4, 0.5) is 0 Å². The molecular formula is C19H25NO. The van der Waals surface area contributed by atoms with Crippen molar-refractivity contribution in [3.8, 4) is 5.75 Å². The first-order valence-corrected chi connectivity index (χ1v) is 7.58. The highest BCUT2D eigenvalue weighted by Gasteiger charge is 2.16. The molecule has 0 aliphatic heterocycles. The third kappa shape index (κ3) is 4.08. The van der Waals surface area contributed by atoms with Gasteiger partial charge in [-0.1, -0.05) is 56.3 Å². The quantitative estimate of drug-likeness (QED) is 0.845. The fourth-order valence-corrected chi connectivity index (χ4v) is 2.45. The molecule has 0 aliphatic rings. The molecule has 2 aromatic carbocycles. The van der Waals surface area contributed by atoms with Gasteiger partial charge in [0.25, 0.3) is 0 Å². The Morgan fingerprint density at radius 1 is 1.05 bits per heavy atom. The van der Waals surface area contributed by atoms with E-state index in [9.17, 15) is 0 Å². The normalized spacial score (nSPS) is 12.4. The van der Waals surface area contributed by atoms with Crippen LogP contribution in [0.2, 0.25) is 0 Å². The van der Waals surface area contributed by atoms with Crippen molar-refractivity contribution in [1.29, 1.82) is 0 Å². The van der Waals surface area contributed by atoms with E-state index in [4.69, 9.17) is 4.74 Å². The second-order valence-electron chi connectivity index (χ2n) is 5.77. The van der Waals surface area contributed by atoms with E-state index in [2.05, 4.69) is 68.6 Å². The Kier molecular flexibility index (Phi) is 5.40. The van der Waals surface area contributed by atoms with Gasteiger partial charge < -0.3 is 10.1 Å². The number of benzene rings is 2. The number of aryl methyl sites for hydroxylation is 1. The van der Waals surface area contributed by atoms with Gasteiger partial charge in [-0.3, -0.25) is 0 Å². The Morgan fingerprint density at radius 3 is 2.38 bits per heavy atom. The minimum atomic E-state index is 0.0236. The summed E-state index contributed by atoms with van der Waals surface area (Å²) in [7, 11) is 1.96. The van der Waals surface area contributed by atoms with Crippen molar-refractivity contribution in [3.05, 3.63) is 65.2 Å². The van der Waals surface area contributed by atoms with Crippen molar-refractivity contribution >= 4 is 0 Å². The lowest BCUT2D eigenvalue weighted by Crippen LogP contribution is -2.22. The topological polar surface area (TPSA) is 21.3 Å². The summed E-state index contributed by atoms with van der Waals surface area (Å²) in [6.45, 7) is 7.29. The average Bonchev–Trinajstić information content (AvgIpc) is 2.47. The lowest BCUT2D eigenvalue weighted by Gasteiger charge is -2.23. The summed E-state index contributed by atoms with van der Waals surface area (Å²) < 4.78 is 6.35. The van der Waals surface area contributed by atoms with Gasteiger partial charge in [0, 0.05) is 6.54 Å². The molecule has 0 aromatic heterocycles. The number of hydrogen-bond acceptors (Lipinski definition) is 2. The summed E-state index contributed by atoms with van der Waals surface area (Å²) in [5.41, 5.74) is 3.69. The maximum absolute atomic E-state index is 6.35. The van der Waals surface area contributed by atoms with Gasteiger partial charge >= 0.3 is 0 Å². The molecule has 0 radical (unpaired) electrons. The third-order valence-corrected chi connectivity index (χ3v) is 3.62. The molecule has 1 N–H and O–H groups in total. The molecule has 0 saturated heterocycles. The minimum Gasteiger partial charge on any atom is -0.484 e. The van der Waals surface area contributed by atoms with E-state index in [1.807, 2.05) is 13.1 Å². The van der Waals surface area contributed by atoms with Crippen LogP contribution in [0.25, 0.3) is 0 Å². The summed E-state index contributed by atoms with van der Waals surface area (Å²) in [5.74, 6) is 1.45. The van der Waals surface area contributed by atoms with E-state index in [0.717, 1.165) is 12.3 Å². The van der Waals surface area contributed by atoms with Crippen LogP contribution in [0.15, 0.2) is 48.5 Å². The van der Waals surface area contributed by atoms with E-state index in [1.165, 1.54) is 16.7 Å². The zero-order chi connectivity index (χ0) is 15.2. The number of nitrogens with one attached hydrogen (secondary N) is 1. The predicted octanol–water partition coefficient (Wildman–Crippen LogP) is 4.46. The molecule has 0 amide bonds. The van der Waals surface area contributed by atoms with Gasteiger partial charge in [-0.2, -0.15) is 0 Å². The van der Waals surface area contributed by atoms with Gasteiger partial charge in [-0.25, -0.2) is 0 Å². The van der Waals surface area contributed by atoms with Crippen LogP contribution in [-0.2, 0) is 0 Å². The number of ether oxygens (including phenoxy) is 1. The monoisotopic (exact) mass is 283 g/mol. The van der Waals surface area contributed by atoms with E-state index < -0.39 is 0 Å². The fourth-order valence-electron chi connectivity index (χ4n) is 2.45. The fraction of sp³-hybridized carbons (Fsp3) is 0.368. The molecular weight excluding hydrogens is 258 g/mol. The van der Waals surface area contributed by atoms with Crippen LogP contribution in [-0.4, -0.2) is 13.6 Å². The highest BCUT2D eigenvalue weighted by Crippen LogP contribution is 2.31. The smallest absolute Gasteiger partial charge is 0.136 e. The van der Waals surface area contributed by atoms with Crippen LogP contribution in [0, 0.1) is 6.92 Å². The van der Waals surface area contributed by atoms with Crippen LogP contribution < -0.4 is 10.1 Å². The number of hydrogen-bond donors (Lipinski definition) is 1. The SMILES string of the molecule is CNCC(Oc1cc(C)ccc1C(C)C)c1ccccc1. The molecule has 2 nitrogen and oxygen atoms in total. The van der Waals surface area contributed by atoms with Gasteiger partial charge in [0.05, 0.1) is 0 Å². The molecule has 0 aliphatic carbocycles. The van der Waals surface area contributed by atoms with Crippen molar-refractivity contribution in [2.24, 2.45) is 0 Å². The largest absolute Gasteiger partial charge is 0.484 e. The Labute approximate surface area is 128 Å². The molecule has 0 fully saturated rings. The molecule has 0 saturated carbocycles. The van der Waals surface area contributed by atoms with Gasteiger partial charge in [-0.05, 0) is 42.6 Å². The zero-order valence-electron chi connectivity index (χ0n) is 13.4. The van der Waals surface area contributed by atoms with Crippen molar-refractivity contribution in [2.45, 2.75) is 32.8 Å². The van der Waals surface area contributed by atoms with Crippen LogP contribution in [0.5, 0.6) is 5.75 Å². The highest BCUT2D eigenvalue weighted by molar-refractivity contribution is 5.39. The molecule has 2 rings (SSSR count). The standard InChI is InChI=1S/C19H25NO/c1-14(2)17-11-10-15(3)12-18(17)21-19(13-20-4)16-8-6-5-7-9-16/h5-12,14,19-20H,13H2,1-4H3. The zero-order valence-corrected chi connectivity index (χ0v) is 13.4. The Balaban J connectivity index is 2.31. The first-order valence-electron chi connectivity index (χ1n) is 7.58. The van der Waals surface area contributed by atoms with Crippen LogP contribution >= 0.6 is 0 Å². The summed E-state index contributed by atoms with van der Waals surface area (Å²) in [6.07, 6.45) is 0.0236. The summed E-state index contributed by atoms with van der Waals surface area (Å²) >= 11 is 0.